The summed E-state index contributed by atoms with van der Waals surface area (Å²) in [6.45, 7) is 2.86. The molecule has 1 aromatic rings. The van der Waals surface area contributed by atoms with Crippen LogP contribution in [0.25, 0.3) is 0 Å². The predicted molar refractivity (Wildman–Crippen MR) is 67.0 cm³/mol. The smallest absolute Gasteiger partial charge is 0.255 e. The number of rotatable bonds is 3. The lowest BCUT2D eigenvalue weighted by atomic mass is 9.94. The zero-order chi connectivity index (χ0) is 12.3. The SMILES string of the molecule is CCCn1c2c(cc(CC#N)c1=O)CCCC2. The average molecular weight is 230 g/mol. The Morgan fingerprint density at radius 3 is 2.88 bits per heavy atom. The molecule has 0 fully saturated rings. The maximum atomic E-state index is 12.2. The molecule has 1 aliphatic carbocycles. The molecule has 17 heavy (non-hydrogen) atoms. The summed E-state index contributed by atoms with van der Waals surface area (Å²) in [4.78, 5) is 12.2. The Hall–Kier alpha value is -1.56. The minimum atomic E-state index is 0.0500. The van der Waals surface area contributed by atoms with E-state index < -0.39 is 0 Å². The van der Waals surface area contributed by atoms with E-state index in [-0.39, 0.29) is 12.0 Å². The van der Waals surface area contributed by atoms with Crippen LogP contribution in [-0.4, -0.2) is 4.57 Å². The van der Waals surface area contributed by atoms with E-state index >= 15 is 0 Å². The fraction of sp³-hybridized carbons (Fsp3) is 0.571. The second-order valence-corrected chi connectivity index (χ2v) is 4.64. The molecule has 1 aromatic heterocycles. The quantitative estimate of drug-likeness (QED) is 0.799. The highest BCUT2D eigenvalue weighted by molar-refractivity contribution is 5.30. The highest BCUT2D eigenvalue weighted by Gasteiger charge is 2.16. The van der Waals surface area contributed by atoms with E-state index in [0.29, 0.717) is 5.56 Å². The normalized spacial score (nSPS) is 14.1. The molecule has 3 heteroatoms. The van der Waals surface area contributed by atoms with Crippen LogP contribution in [0.1, 0.15) is 43.0 Å². The van der Waals surface area contributed by atoms with Gasteiger partial charge in [0.05, 0.1) is 12.5 Å². The lowest BCUT2D eigenvalue weighted by Gasteiger charge is -2.21. The van der Waals surface area contributed by atoms with E-state index in [9.17, 15) is 4.79 Å². The van der Waals surface area contributed by atoms with Crippen molar-refractivity contribution in [2.45, 2.75) is 52.0 Å². The third kappa shape index (κ3) is 2.26. The lowest BCUT2D eigenvalue weighted by molar-refractivity contribution is 0.562. The van der Waals surface area contributed by atoms with Gasteiger partial charge in [0.15, 0.2) is 0 Å². The van der Waals surface area contributed by atoms with E-state index in [4.69, 9.17) is 5.26 Å². The van der Waals surface area contributed by atoms with E-state index in [1.807, 2.05) is 10.6 Å². The van der Waals surface area contributed by atoms with Gasteiger partial charge in [-0.15, -0.1) is 0 Å². The maximum Gasteiger partial charge on any atom is 0.255 e. The molecule has 0 aromatic carbocycles. The van der Waals surface area contributed by atoms with E-state index in [1.54, 1.807) is 0 Å². The molecule has 0 saturated carbocycles. The molecule has 0 saturated heterocycles. The van der Waals surface area contributed by atoms with Gasteiger partial charge in [-0.05, 0) is 43.7 Å². The van der Waals surface area contributed by atoms with Gasteiger partial charge in [0.1, 0.15) is 0 Å². The van der Waals surface area contributed by atoms with Crippen molar-refractivity contribution in [3.05, 3.63) is 33.2 Å². The second kappa shape index (κ2) is 5.18. The number of hydrogen-bond donors (Lipinski definition) is 0. The third-order valence-corrected chi connectivity index (χ3v) is 3.39. The van der Waals surface area contributed by atoms with E-state index in [0.717, 1.165) is 25.8 Å². The first kappa shape index (κ1) is 11.9. The molecule has 0 unspecified atom stereocenters. The summed E-state index contributed by atoms with van der Waals surface area (Å²) in [6.07, 6.45) is 5.63. The van der Waals surface area contributed by atoms with Gasteiger partial charge in [-0.2, -0.15) is 5.26 Å². The van der Waals surface area contributed by atoms with Crippen LogP contribution in [0.4, 0.5) is 0 Å². The number of aryl methyl sites for hydroxylation is 1. The highest BCUT2D eigenvalue weighted by Crippen LogP contribution is 2.21. The van der Waals surface area contributed by atoms with Crippen LogP contribution in [0.2, 0.25) is 0 Å². The summed E-state index contributed by atoms with van der Waals surface area (Å²) in [5.41, 5.74) is 3.22. The minimum absolute atomic E-state index is 0.0500. The number of hydrogen-bond acceptors (Lipinski definition) is 2. The number of nitriles is 1. The van der Waals surface area contributed by atoms with Gasteiger partial charge in [0, 0.05) is 17.8 Å². The number of nitrogens with zero attached hydrogens (tertiary/aromatic N) is 2. The molecular weight excluding hydrogens is 212 g/mol. The van der Waals surface area contributed by atoms with Crippen LogP contribution < -0.4 is 5.56 Å². The Bertz CT molecular complexity index is 508. The second-order valence-electron chi connectivity index (χ2n) is 4.64. The first-order chi connectivity index (χ1) is 8.27. The predicted octanol–water partition coefficient (Wildman–Crippen LogP) is 2.20. The molecular formula is C14H18N2O. The Labute approximate surface area is 102 Å². The average Bonchev–Trinajstić information content (AvgIpc) is 2.35. The highest BCUT2D eigenvalue weighted by atomic mass is 16.1. The molecule has 1 heterocycles. The standard InChI is InChI=1S/C14H18N2O/c1-2-9-16-13-6-4-3-5-11(13)10-12(7-8-15)14(16)17/h10H,2-7,9H2,1H3. The van der Waals surface area contributed by atoms with Crippen molar-refractivity contribution in [1.82, 2.24) is 4.57 Å². The van der Waals surface area contributed by atoms with Crippen LogP contribution in [0.5, 0.6) is 0 Å². The molecule has 90 valence electrons. The summed E-state index contributed by atoms with van der Waals surface area (Å²) < 4.78 is 1.90. The zero-order valence-corrected chi connectivity index (χ0v) is 10.3. The zero-order valence-electron chi connectivity index (χ0n) is 10.3. The minimum Gasteiger partial charge on any atom is -0.312 e. The van der Waals surface area contributed by atoms with Crippen molar-refractivity contribution < 1.29 is 0 Å². The summed E-state index contributed by atoms with van der Waals surface area (Å²) in [5.74, 6) is 0. The van der Waals surface area contributed by atoms with Crippen LogP contribution in [0, 0.1) is 11.3 Å². The van der Waals surface area contributed by atoms with Crippen LogP contribution in [0.15, 0.2) is 10.9 Å². The van der Waals surface area contributed by atoms with Crippen molar-refractivity contribution in [2.24, 2.45) is 0 Å². The van der Waals surface area contributed by atoms with Crippen molar-refractivity contribution in [3.63, 3.8) is 0 Å². The van der Waals surface area contributed by atoms with Gasteiger partial charge in [-0.25, -0.2) is 0 Å². The van der Waals surface area contributed by atoms with Gasteiger partial charge in [0.2, 0.25) is 0 Å². The van der Waals surface area contributed by atoms with Gasteiger partial charge in [-0.1, -0.05) is 6.92 Å². The summed E-state index contributed by atoms with van der Waals surface area (Å²) in [6, 6.07) is 4.05. The molecule has 0 N–H and O–H groups in total. The Morgan fingerprint density at radius 2 is 2.18 bits per heavy atom. The summed E-state index contributed by atoms with van der Waals surface area (Å²) in [7, 11) is 0. The fourth-order valence-corrected chi connectivity index (χ4v) is 2.62. The molecule has 0 spiro atoms. The Morgan fingerprint density at radius 1 is 1.41 bits per heavy atom. The van der Waals surface area contributed by atoms with Gasteiger partial charge in [0.25, 0.3) is 5.56 Å². The monoisotopic (exact) mass is 230 g/mol. The molecule has 0 aliphatic heterocycles. The van der Waals surface area contributed by atoms with E-state index in [2.05, 4.69) is 13.0 Å². The maximum absolute atomic E-state index is 12.2. The van der Waals surface area contributed by atoms with Crippen molar-refractivity contribution >= 4 is 0 Å². The molecule has 0 atom stereocenters. The first-order valence-corrected chi connectivity index (χ1v) is 6.39. The summed E-state index contributed by atoms with van der Waals surface area (Å²) in [5, 5.41) is 8.77. The third-order valence-electron chi connectivity index (χ3n) is 3.39. The van der Waals surface area contributed by atoms with Crippen LogP contribution in [-0.2, 0) is 25.8 Å². The molecule has 0 amide bonds. The molecule has 0 radical (unpaired) electrons. The van der Waals surface area contributed by atoms with Gasteiger partial charge < -0.3 is 4.57 Å². The van der Waals surface area contributed by atoms with Crippen LogP contribution >= 0.6 is 0 Å². The number of fused-ring (bicyclic) bond motifs is 1. The van der Waals surface area contributed by atoms with Gasteiger partial charge in [-0.3, -0.25) is 4.79 Å². The number of aromatic nitrogens is 1. The first-order valence-electron chi connectivity index (χ1n) is 6.39. The lowest BCUT2D eigenvalue weighted by Crippen LogP contribution is -2.29. The van der Waals surface area contributed by atoms with Gasteiger partial charge >= 0.3 is 0 Å². The van der Waals surface area contributed by atoms with Crippen molar-refractivity contribution in [2.75, 3.05) is 0 Å². The van der Waals surface area contributed by atoms with Crippen LogP contribution in [0.3, 0.4) is 0 Å². The Kier molecular flexibility index (Phi) is 3.63. The molecule has 2 rings (SSSR count). The number of pyridine rings is 1. The fourth-order valence-electron chi connectivity index (χ4n) is 2.62. The Balaban J connectivity index is 2.57. The molecule has 0 bridgehead atoms. The largest absolute Gasteiger partial charge is 0.312 e. The van der Waals surface area contributed by atoms with E-state index in [1.165, 1.54) is 24.1 Å². The molecule has 3 nitrogen and oxygen atoms in total. The topological polar surface area (TPSA) is 45.8 Å². The molecule has 1 aliphatic rings. The summed E-state index contributed by atoms with van der Waals surface area (Å²) >= 11 is 0. The van der Waals surface area contributed by atoms with Crippen molar-refractivity contribution in [3.8, 4) is 6.07 Å². The van der Waals surface area contributed by atoms with Crippen molar-refractivity contribution in [1.29, 1.82) is 5.26 Å².